The van der Waals surface area contributed by atoms with Crippen LogP contribution in [-0.4, -0.2) is 22.2 Å². The zero-order chi connectivity index (χ0) is 11.4. The summed E-state index contributed by atoms with van der Waals surface area (Å²) in [5.41, 5.74) is 0.701. The highest BCUT2D eigenvalue weighted by atomic mass is 16.3. The molecule has 1 aliphatic rings. The third-order valence-corrected chi connectivity index (χ3v) is 3.64. The molecule has 0 aliphatic heterocycles. The molecule has 1 aromatic heterocycles. The van der Waals surface area contributed by atoms with Crippen LogP contribution in [-0.2, 0) is 6.54 Å². The molecule has 2 rings (SSSR count). The summed E-state index contributed by atoms with van der Waals surface area (Å²) >= 11 is 0. The van der Waals surface area contributed by atoms with E-state index >= 15 is 0 Å². The second-order valence-electron chi connectivity index (χ2n) is 5.21. The number of hydrogen-bond donors (Lipinski definition) is 3. The van der Waals surface area contributed by atoms with E-state index in [1.54, 1.807) is 0 Å². The summed E-state index contributed by atoms with van der Waals surface area (Å²) in [5.74, 6) is 0.781. The quantitative estimate of drug-likeness (QED) is 0.730. The normalized spacial score (nSPS) is 30.5. The molecule has 0 atom stereocenters. The van der Waals surface area contributed by atoms with Gasteiger partial charge in [-0.1, -0.05) is 6.92 Å². The van der Waals surface area contributed by atoms with E-state index < -0.39 is 5.60 Å². The van der Waals surface area contributed by atoms with Gasteiger partial charge in [0.15, 0.2) is 0 Å². The van der Waals surface area contributed by atoms with Gasteiger partial charge in [0.25, 0.3) is 0 Å². The fourth-order valence-electron chi connectivity index (χ4n) is 2.38. The third-order valence-electron chi connectivity index (χ3n) is 3.64. The van der Waals surface area contributed by atoms with E-state index in [0.717, 1.165) is 38.1 Å². The number of nitrogens with one attached hydrogen (secondary N) is 2. The average Bonchev–Trinajstić information content (AvgIpc) is 2.76. The molecule has 3 heteroatoms. The number of aromatic amines is 1. The van der Waals surface area contributed by atoms with Crippen molar-refractivity contribution in [3.05, 3.63) is 24.0 Å². The number of rotatable bonds is 4. The standard InChI is InChI=1S/C13H22N2O/c1-11-4-6-13(16,7-5-11)10-14-9-12-3-2-8-15-12/h2-3,8,11,14-16H,4-7,9-10H2,1H3. The lowest BCUT2D eigenvalue weighted by atomic mass is 9.79. The molecular weight excluding hydrogens is 200 g/mol. The zero-order valence-corrected chi connectivity index (χ0v) is 10.00. The molecule has 0 saturated heterocycles. The summed E-state index contributed by atoms with van der Waals surface area (Å²) in [6.07, 6.45) is 6.10. The Morgan fingerprint density at radius 1 is 1.50 bits per heavy atom. The maximum atomic E-state index is 10.3. The Kier molecular flexibility index (Phi) is 3.66. The molecule has 0 unspecified atom stereocenters. The Balaban J connectivity index is 1.73. The molecule has 0 spiro atoms. The monoisotopic (exact) mass is 222 g/mol. The largest absolute Gasteiger partial charge is 0.389 e. The molecular formula is C13H22N2O. The van der Waals surface area contributed by atoms with E-state index in [-0.39, 0.29) is 0 Å². The number of aromatic nitrogens is 1. The smallest absolute Gasteiger partial charge is 0.0771 e. The molecule has 1 fully saturated rings. The first-order chi connectivity index (χ1) is 7.68. The van der Waals surface area contributed by atoms with Crippen molar-refractivity contribution in [2.75, 3.05) is 6.54 Å². The van der Waals surface area contributed by atoms with Crippen LogP contribution in [0.2, 0.25) is 0 Å². The van der Waals surface area contributed by atoms with Crippen LogP contribution in [0, 0.1) is 5.92 Å². The van der Waals surface area contributed by atoms with Crippen molar-refractivity contribution in [2.45, 2.75) is 44.8 Å². The van der Waals surface area contributed by atoms with E-state index in [9.17, 15) is 5.11 Å². The van der Waals surface area contributed by atoms with Crippen molar-refractivity contribution in [3.8, 4) is 0 Å². The molecule has 1 heterocycles. The highest BCUT2D eigenvalue weighted by Gasteiger charge is 2.31. The maximum Gasteiger partial charge on any atom is 0.0771 e. The zero-order valence-electron chi connectivity index (χ0n) is 10.00. The minimum atomic E-state index is -0.473. The van der Waals surface area contributed by atoms with E-state index in [0.29, 0.717) is 6.54 Å². The predicted molar refractivity (Wildman–Crippen MR) is 65.1 cm³/mol. The lowest BCUT2D eigenvalue weighted by Gasteiger charge is -2.35. The Bertz CT molecular complexity index is 300. The molecule has 3 nitrogen and oxygen atoms in total. The lowest BCUT2D eigenvalue weighted by molar-refractivity contribution is -0.00634. The van der Waals surface area contributed by atoms with Gasteiger partial charge in [0.05, 0.1) is 5.60 Å². The number of H-pyrrole nitrogens is 1. The molecule has 1 aromatic rings. The topological polar surface area (TPSA) is 48.0 Å². The lowest BCUT2D eigenvalue weighted by Crippen LogP contribution is -2.43. The summed E-state index contributed by atoms with van der Waals surface area (Å²) in [6.45, 7) is 3.79. The molecule has 0 bridgehead atoms. The van der Waals surface area contributed by atoms with Gasteiger partial charge in [0.1, 0.15) is 0 Å². The van der Waals surface area contributed by atoms with Crippen molar-refractivity contribution in [3.63, 3.8) is 0 Å². The third kappa shape index (κ3) is 3.09. The van der Waals surface area contributed by atoms with E-state index in [4.69, 9.17) is 0 Å². The van der Waals surface area contributed by atoms with Gasteiger partial charge in [-0.15, -0.1) is 0 Å². The van der Waals surface area contributed by atoms with Crippen molar-refractivity contribution >= 4 is 0 Å². The van der Waals surface area contributed by atoms with Crippen LogP contribution >= 0.6 is 0 Å². The predicted octanol–water partition coefficient (Wildman–Crippen LogP) is 2.05. The first-order valence-corrected chi connectivity index (χ1v) is 6.23. The number of hydrogen-bond acceptors (Lipinski definition) is 2. The van der Waals surface area contributed by atoms with Crippen LogP contribution in [0.3, 0.4) is 0 Å². The van der Waals surface area contributed by atoms with Gasteiger partial charge in [0, 0.05) is 25.0 Å². The maximum absolute atomic E-state index is 10.3. The van der Waals surface area contributed by atoms with Crippen LogP contribution in [0.1, 0.15) is 38.3 Å². The van der Waals surface area contributed by atoms with E-state index in [1.165, 1.54) is 5.69 Å². The summed E-state index contributed by atoms with van der Waals surface area (Å²) in [4.78, 5) is 3.15. The van der Waals surface area contributed by atoms with Gasteiger partial charge in [-0.3, -0.25) is 0 Å². The van der Waals surface area contributed by atoms with Gasteiger partial charge in [-0.05, 0) is 43.7 Å². The first-order valence-electron chi connectivity index (χ1n) is 6.23. The van der Waals surface area contributed by atoms with Crippen molar-refractivity contribution < 1.29 is 5.11 Å². The molecule has 90 valence electrons. The Morgan fingerprint density at radius 3 is 2.88 bits per heavy atom. The fraction of sp³-hybridized carbons (Fsp3) is 0.692. The first kappa shape index (κ1) is 11.7. The van der Waals surface area contributed by atoms with Crippen molar-refractivity contribution in [1.82, 2.24) is 10.3 Å². The van der Waals surface area contributed by atoms with Crippen LogP contribution in [0.15, 0.2) is 18.3 Å². The highest BCUT2D eigenvalue weighted by molar-refractivity contribution is 5.03. The SMILES string of the molecule is CC1CCC(O)(CNCc2ccc[nH]2)CC1. The van der Waals surface area contributed by atoms with Crippen LogP contribution in [0.25, 0.3) is 0 Å². The van der Waals surface area contributed by atoms with Crippen LogP contribution in [0.5, 0.6) is 0 Å². The van der Waals surface area contributed by atoms with Crippen molar-refractivity contribution in [2.24, 2.45) is 5.92 Å². The van der Waals surface area contributed by atoms with Gasteiger partial charge in [-0.2, -0.15) is 0 Å². The summed E-state index contributed by atoms with van der Waals surface area (Å²) in [5, 5.41) is 13.7. The molecule has 1 saturated carbocycles. The molecule has 0 aromatic carbocycles. The molecule has 1 aliphatic carbocycles. The minimum Gasteiger partial charge on any atom is -0.389 e. The Labute approximate surface area is 97.3 Å². The second-order valence-corrected chi connectivity index (χ2v) is 5.21. The van der Waals surface area contributed by atoms with E-state index in [1.807, 2.05) is 12.3 Å². The van der Waals surface area contributed by atoms with Crippen LogP contribution < -0.4 is 5.32 Å². The molecule has 0 radical (unpaired) electrons. The minimum absolute atomic E-state index is 0.473. The molecule has 3 N–H and O–H groups in total. The van der Waals surface area contributed by atoms with Gasteiger partial charge >= 0.3 is 0 Å². The Morgan fingerprint density at radius 2 is 2.25 bits per heavy atom. The Hall–Kier alpha value is -0.800. The molecule has 0 amide bonds. The van der Waals surface area contributed by atoms with Gasteiger partial charge in [0.2, 0.25) is 0 Å². The summed E-state index contributed by atoms with van der Waals surface area (Å²) in [6, 6.07) is 4.05. The van der Waals surface area contributed by atoms with E-state index in [2.05, 4.69) is 23.3 Å². The fourth-order valence-corrected chi connectivity index (χ4v) is 2.38. The summed E-state index contributed by atoms with van der Waals surface area (Å²) < 4.78 is 0. The van der Waals surface area contributed by atoms with Gasteiger partial charge < -0.3 is 15.4 Å². The van der Waals surface area contributed by atoms with Crippen LogP contribution in [0.4, 0.5) is 0 Å². The van der Waals surface area contributed by atoms with Gasteiger partial charge in [-0.25, -0.2) is 0 Å². The van der Waals surface area contributed by atoms with Crippen molar-refractivity contribution in [1.29, 1.82) is 0 Å². The second kappa shape index (κ2) is 5.02. The average molecular weight is 222 g/mol. The number of aliphatic hydroxyl groups is 1. The summed E-state index contributed by atoms with van der Waals surface area (Å²) in [7, 11) is 0. The highest BCUT2D eigenvalue weighted by Crippen LogP contribution is 2.31. The molecule has 16 heavy (non-hydrogen) atoms.